The molecule has 5 heteroatoms. The Morgan fingerprint density at radius 3 is 2.61 bits per heavy atom. The third-order valence-electron chi connectivity index (χ3n) is 2.22. The number of benzene rings is 1. The van der Waals surface area contributed by atoms with Crippen molar-refractivity contribution in [1.29, 1.82) is 0 Å². The minimum Gasteiger partial charge on any atom is -0.376 e. The van der Waals surface area contributed by atoms with Gasteiger partial charge in [0.15, 0.2) is 0 Å². The fraction of sp³-hybridized carbons (Fsp3) is 0.0769. The molecule has 1 aromatic carbocycles. The second kappa shape index (κ2) is 6.02. The van der Waals surface area contributed by atoms with Gasteiger partial charge >= 0.3 is 0 Å². The molecule has 0 radical (unpaired) electrons. The van der Waals surface area contributed by atoms with Gasteiger partial charge in [-0.2, -0.15) is 0 Å². The number of amides is 1. The molecule has 92 valence electrons. The summed E-state index contributed by atoms with van der Waals surface area (Å²) in [5.41, 5.74) is 0.900. The molecule has 1 amide bonds. The minimum atomic E-state index is -0.159. The van der Waals surface area contributed by atoms with E-state index >= 15 is 0 Å². The van der Waals surface area contributed by atoms with Crippen molar-refractivity contribution in [3.05, 3.63) is 53.7 Å². The molecule has 0 spiro atoms. The van der Waals surface area contributed by atoms with Gasteiger partial charge in [0.2, 0.25) is 5.91 Å². The molecule has 1 heterocycles. The maximum absolute atomic E-state index is 11.6. The Bertz CT molecular complexity index is 514. The van der Waals surface area contributed by atoms with Crippen molar-refractivity contribution in [3.8, 4) is 0 Å². The van der Waals surface area contributed by atoms with Gasteiger partial charge in [-0.05, 0) is 24.3 Å². The van der Waals surface area contributed by atoms with Crippen LogP contribution in [0.5, 0.6) is 0 Å². The van der Waals surface area contributed by atoms with E-state index in [1.54, 1.807) is 12.1 Å². The van der Waals surface area contributed by atoms with E-state index < -0.39 is 0 Å². The van der Waals surface area contributed by atoms with Crippen LogP contribution in [0, 0.1) is 0 Å². The first-order valence-electron chi connectivity index (χ1n) is 5.44. The molecule has 18 heavy (non-hydrogen) atoms. The Hall–Kier alpha value is -2.07. The van der Waals surface area contributed by atoms with Gasteiger partial charge in [-0.1, -0.05) is 29.8 Å². The first kappa shape index (κ1) is 12.4. The third kappa shape index (κ3) is 3.75. The van der Waals surface area contributed by atoms with Gasteiger partial charge < -0.3 is 10.6 Å². The highest BCUT2D eigenvalue weighted by Gasteiger charge is 2.02. The quantitative estimate of drug-likeness (QED) is 0.890. The monoisotopic (exact) mass is 261 g/mol. The SMILES string of the molecule is O=C(CNc1ccccc1)Nc1ccc(Cl)cn1. The lowest BCUT2D eigenvalue weighted by Gasteiger charge is -2.06. The van der Waals surface area contributed by atoms with Crippen molar-refractivity contribution < 1.29 is 4.79 Å². The normalized spacial score (nSPS) is 9.83. The molecule has 0 unspecified atom stereocenters. The molecule has 0 atom stereocenters. The number of carbonyl (C=O) groups excluding carboxylic acids is 1. The fourth-order valence-electron chi connectivity index (χ4n) is 1.38. The van der Waals surface area contributed by atoms with Crippen molar-refractivity contribution in [3.63, 3.8) is 0 Å². The van der Waals surface area contributed by atoms with Gasteiger partial charge in [0.1, 0.15) is 5.82 Å². The van der Waals surface area contributed by atoms with Gasteiger partial charge in [0, 0.05) is 11.9 Å². The van der Waals surface area contributed by atoms with E-state index in [2.05, 4.69) is 15.6 Å². The van der Waals surface area contributed by atoms with Crippen molar-refractivity contribution in [2.24, 2.45) is 0 Å². The van der Waals surface area contributed by atoms with Crippen molar-refractivity contribution in [1.82, 2.24) is 4.98 Å². The van der Waals surface area contributed by atoms with Crippen LogP contribution in [-0.2, 0) is 4.79 Å². The van der Waals surface area contributed by atoms with E-state index in [0.717, 1.165) is 5.69 Å². The second-order valence-electron chi connectivity index (χ2n) is 3.63. The van der Waals surface area contributed by atoms with Crippen LogP contribution in [0.15, 0.2) is 48.7 Å². The first-order valence-corrected chi connectivity index (χ1v) is 5.82. The van der Waals surface area contributed by atoms with Crippen LogP contribution in [0.2, 0.25) is 5.02 Å². The number of hydrogen-bond donors (Lipinski definition) is 2. The highest BCUT2D eigenvalue weighted by molar-refractivity contribution is 6.30. The van der Waals surface area contributed by atoms with Crippen LogP contribution in [0.1, 0.15) is 0 Å². The largest absolute Gasteiger partial charge is 0.376 e. The average molecular weight is 262 g/mol. The molecule has 0 fully saturated rings. The number of hydrogen-bond acceptors (Lipinski definition) is 3. The molecule has 2 rings (SSSR count). The number of pyridine rings is 1. The van der Waals surface area contributed by atoms with Gasteiger partial charge in [-0.15, -0.1) is 0 Å². The summed E-state index contributed by atoms with van der Waals surface area (Å²) in [7, 11) is 0. The van der Waals surface area contributed by atoms with E-state index in [0.29, 0.717) is 10.8 Å². The predicted octanol–water partition coefficient (Wildman–Crippen LogP) is 2.79. The molecule has 0 aliphatic carbocycles. The van der Waals surface area contributed by atoms with E-state index in [1.807, 2.05) is 30.3 Å². The molecule has 2 N–H and O–H groups in total. The van der Waals surface area contributed by atoms with E-state index in [4.69, 9.17) is 11.6 Å². The Kier molecular flexibility index (Phi) is 4.15. The maximum Gasteiger partial charge on any atom is 0.244 e. The number of nitrogens with zero attached hydrogens (tertiary/aromatic N) is 1. The molecule has 0 saturated carbocycles. The lowest BCUT2D eigenvalue weighted by Crippen LogP contribution is -2.22. The second-order valence-corrected chi connectivity index (χ2v) is 4.07. The Labute approximate surface area is 110 Å². The predicted molar refractivity (Wildman–Crippen MR) is 72.8 cm³/mol. The summed E-state index contributed by atoms with van der Waals surface area (Å²) in [5.74, 6) is 0.327. The van der Waals surface area contributed by atoms with Crippen LogP contribution < -0.4 is 10.6 Å². The van der Waals surface area contributed by atoms with Crippen LogP contribution in [-0.4, -0.2) is 17.4 Å². The summed E-state index contributed by atoms with van der Waals surface area (Å²) in [6.45, 7) is 0.189. The Morgan fingerprint density at radius 1 is 1.17 bits per heavy atom. The molecule has 2 aromatic rings. The van der Waals surface area contributed by atoms with Gasteiger partial charge in [-0.3, -0.25) is 4.79 Å². The minimum absolute atomic E-state index is 0.159. The van der Waals surface area contributed by atoms with Crippen LogP contribution in [0.25, 0.3) is 0 Å². The summed E-state index contributed by atoms with van der Waals surface area (Å²) >= 11 is 5.70. The summed E-state index contributed by atoms with van der Waals surface area (Å²) < 4.78 is 0. The first-order chi connectivity index (χ1) is 8.74. The van der Waals surface area contributed by atoms with Crippen LogP contribution >= 0.6 is 11.6 Å². The van der Waals surface area contributed by atoms with Crippen molar-refractivity contribution >= 4 is 29.0 Å². The molecule has 0 aliphatic heterocycles. The van der Waals surface area contributed by atoms with Crippen LogP contribution in [0.3, 0.4) is 0 Å². The third-order valence-corrected chi connectivity index (χ3v) is 2.45. The van der Waals surface area contributed by atoms with Crippen molar-refractivity contribution in [2.45, 2.75) is 0 Å². The molecule has 0 aliphatic rings. The number of nitrogens with one attached hydrogen (secondary N) is 2. The highest BCUT2D eigenvalue weighted by Crippen LogP contribution is 2.09. The summed E-state index contributed by atoms with van der Waals surface area (Å²) in [6.07, 6.45) is 1.49. The number of para-hydroxylation sites is 1. The number of anilines is 2. The number of halogens is 1. The standard InChI is InChI=1S/C13H12ClN3O/c14-10-6-7-12(16-8-10)17-13(18)9-15-11-4-2-1-3-5-11/h1-8,15H,9H2,(H,16,17,18). The van der Waals surface area contributed by atoms with Gasteiger partial charge in [0.05, 0.1) is 11.6 Å². The molecule has 0 bridgehead atoms. The molecule has 1 aromatic heterocycles. The molecular weight excluding hydrogens is 250 g/mol. The fourth-order valence-corrected chi connectivity index (χ4v) is 1.49. The Balaban J connectivity index is 1.84. The summed E-state index contributed by atoms with van der Waals surface area (Å²) in [5, 5.41) is 6.22. The summed E-state index contributed by atoms with van der Waals surface area (Å²) in [6, 6.07) is 12.9. The smallest absolute Gasteiger partial charge is 0.244 e. The summed E-state index contributed by atoms with van der Waals surface area (Å²) in [4.78, 5) is 15.6. The number of carbonyl (C=O) groups is 1. The van der Waals surface area contributed by atoms with Crippen LogP contribution in [0.4, 0.5) is 11.5 Å². The van der Waals surface area contributed by atoms with Crippen molar-refractivity contribution in [2.75, 3.05) is 17.2 Å². The zero-order valence-electron chi connectivity index (χ0n) is 9.56. The zero-order chi connectivity index (χ0) is 12.8. The topological polar surface area (TPSA) is 54.0 Å². The number of rotatable bonds is 4. The molecule has 4 nitrogen and oxygen atoms in total. The molecular formula is C13H12ClN3O. The number of aromatic nitrogens is 1. The van der Waals surface area contributed by atoms with E-state index in [1.165, 1.54) is 6.20 Å². The highest BCUT2D eigenvalue weighted by atomic mass is 35.5. The van der Waals surface area contributed by atoms with Gasteiger partial charge in [0.25, 0.3) is 0 Å². The lowest BCUT2D eigenvalue weighted by molar-refractivity contribution is -0.114. The molecule has 0 saturated heterocycles. The zero-order valence-corrected chi connectivity index (χ0v) is 10.3. The van der Waals surface area contributed by atoms with E-state index in [9.17, 15) is 4.79 Å². The maximum atomic E-state index is 11.6. The average Bonchev–Trinajstić information content (AvgIpc) is 2.40. The van der Waals surface area contributed by atoms with Gasteiger partial charge in [-0.25, -0.2) is 4.98 Å². The van der Waals surface area contributed by atoms with E-state index in [-0.39, 0.29) is 12.5 Å². The Morgan fingerprint density at radius 2 is 1.94 bits per heavy atom. The lowest BCUT2D eigenvalue weighted by atomic mass is 10.3.